The highest BCUT2D eigenvalue weighted by Gasteiger charge is 2.39. The lowest BCUT2D eigenvalue weighted by Crippen LogP contribution is -2.52. The summed E-state index contributed by atoms with van der Waals surface area (Å²) in [4.78, 5) is 26.5. The predicted molar refractivity (Wildman–Crippen MR) is 84.7 cm³/mol. The molecule has 3 aliphatic heterocycles. The molecule has 0 aliphatic carbocycles. The molecule has 3 rings (SSSR count). The molecule has 1 amide bonds. The van der Waals surface area contributed by atoms with E-state index in [2.05, 4.69) is 31.2 Å². The number of amides is 1. The Morgan fingerprint density at radius 3 is 2.75 bits per heavy atom. The summed E-state index contributed by atoms with van der Waals surface area (Å²) in [6, 6.07) is -1.40. The molecule has 3 N–H and O–H groups in total. The number of hydrogen-bond donors (Lipinski definition) is 3. The maximum absolute atomic E-state index is 12.5. The first-order valence-electron chi connectivity index (χ1n) is 8.28. The van der Waals surface area contributed by atoms with Crippen molar-refractivity contribution >= 4 is 11.9 Å². The number of azo groups is 1. The normalized spacial score (nSPS) is 34.4. The minimum atomic E-state index is -0.576. The van der Waals surface area contributed by atoms with E-state index in [-0.39, 0.29) is 18.1 Å². The molecule has 0 aromatic rings. The minimum absolute atomic E-state index is 0.0612. The zero-order valence-electron chi connectivity index (χ0n) is 14.1. The maximum atomic E-state index is 12.5. The Balaban J connectivity index is 1.55. The standard InChI is InChI=1S/C14H25N7O3/c1-20-7-10(12(19-20)14(23)24-2)16-13(22)9-3-4-11(18-17-9)21-6-5-15-8-21/h9-12,15,19H,3-8H2,1-2H3,(H,16,22). The van der Waals surface area contributed by atoms with Gasteiger partial charge in [0.15, 0.2) is 0 Å². The van der Waals surface area contributed by atoms with Gasteiger partial charge in [0.2, 0.25) is 5.91 Å². The largest absolute Gasteiger partial charge is 0.468 e. The van der Waals surface area contributed by atoms with Crippen molar-refractivity contribution in [2.24, 2.45) is 10.2 Å². The molecule has 10 nitrogen and oxygen atoms in total. The molecule has 24 heavy (non-hydrogen) atoms. The minimum Gasteiger partial charge on any atom is -0.468 e. The molecule has 4 unspecified atom stereocenters. The molecular formula is C14H25N7O3. The molecule has 3 heterocycles. The average Bonchev–Trinajstić information content (AvgIpc) is 3.24. The molecule has 0 saturated carbocycles. The Bertz CT molecular complexity index is 509. The fraction of sp³-hybridized carbons (Fsp3) is 0.857. The van der Waals surface area contributed by atoms with Crippen LogP contribution in [0.2, 0.25) is 0 Å². The van der Waals surface area contributed by atoms with E-state index < -0.39 is 18.1 Å². The van der Waals surface area contributed by atoms with Gasteiger partial charge in [-0.15, -0.1) is 0 Å². The fourth-order valence-corrected chi connectivity index (χ4v) is 3.33. The van der Waals surface area contributed by atoms with Gasteiger partial charge in [-0.1, -0.05) is 0 Å². The Morgan fingerprint density at radius 2 is 2.12 bits per heavy atom. The van der Waals surface area contributed by atoms with Crippen LogP contribution in [-0.4, -0.2) is 86.5 Å². The second-order valence-electron chi connectivity index (χ2n) is 6.40. The van der Waals surface area contributed by atoms with Crippen LogP contribution in [-0.2, 0) is 14.3 Å². The highest BCUT2D eigenvalue weighted by Crippen LogP contribution is 2.20. The van der Waals surface area contributed by atoms with Gasteiger partial charge in [-0.3, -0.25) is 14.5 Å². The van der Waals surface area contributed by atoms with Crippen LogP contribution in [0, 0.1) is 0 Å². The van der Waals surface area contributed by atoms with Gasteiger partial charge in [0.1, 0.15) is 18.2 Å². The van der Waals surface area contributed by atoms with E-state index in [9.17, 15) is 9.59 Å². The van der Waals surface area contributed by atoms with Crippen LogP contribution >= 0.6 is 0 Å². The zero-order valence-corrected chi connectivity index (χ0v) is 14.1. The van der Waals surface area contributed by atoms with E-state index in [0.717, 1.165) is 26.2 Å². The van der Waals surface area contributed by atoms with E-state index >= 15 is 0 Å². The van der Waals surface area contributed by atoms with Crippen molar-refractivity contribution in [2.45, 2.75) is 37.1 Å². The topological polar surface area (TPSA) is 111 Å². The van der Waals surface area contributed by atoms with Crippen LogP contribution in [0.4, 0.5) is 0 Å². The Hall–Kier alpha value is -1.62. The van der Waals surface area contributed by atoms with Crippen molar-refractivity contribution in [1.82, 2.24) is 26.0 Å². The lowest BCUT2D eigenvalue weighted by molar-refractivity contribution is -0.143. The summed E-state index contributed by atoms with van der Waals surface area (Å²) in [6.07, 6.45) is 1.54. The van der Waals surface area contributed by atoms with Gasteiger partial charge in [0, 0.05) is 26.7 Å². The third-order valence-electron chi connectivity index (χ3n) is 4.67. The molecule has 2 saturated heterocycles. The summed E-state index contributed by atoms with van der Waals surface area (Å²) in [7, 11) is 3.15. The number of hydrazine groups is 1. The number of hydrogen-bond acceptors (Lipinski definition) is 9. The highest BCUT2D eigenvalue weighted by molar-refractivity contribution is 5.84. The molecular weight excluding hydrogens is 314 g/mol. The molecule has 134 valence electrons. The lowest BCUT2D eigenvalue weighted by Gasteiger charge is -2.27. The lowest BCUT2D eigenvalue weighted by atomic mass is 10.1. The van der Waals surface area contributed by atoms with Crippen LogP contribution in [0.1, 0.15) is 12.8 Å². The number of nitrogens with zero attached hydrogens (tertiary/aromatic N) is 4. The molecule has 0 aromatic heterocycles. The molecule has 0 aromatic carbocycles. The summed E-state index contributed by atoms with van der Waals surface area (Å²) in [5.41, 5.74) is 2.98. The third-order valence-corrected chi connectivity index (χ3v) is 4.67. The molecule has 4 atom stereocenters. The van der Waals surface area contributed by atoms with Crippen LogP contribution in [0.3, 0.4) is 0 Å². The van der Waals surface area contributed by atoms with Gasteiger partial charge in [0.25, 0.3) is 0 Å². The summed E-state index contributed by atoms with van der Waals surface area (Å²) in [5.74, 6) is -0.579. The number of methoxy groups -OCH3 is 1. The van der Waals surface area contributed by atoms with Gasteiger partial charge in [-0.25, -0.2) is 10.4 Å². The van der Waals surface area contributed by atoms with E-state index in [1.54, 1.807) is 5.01 Å². The van der Waals surface area contributed by atoms with Gasteiger partial charge in [0.05, 0.1) is 19.8 Å². The number of nitrogens with one attached hydrogen (secondary N) is 3. The molecule has 0 bridgehead atoms. The Labute approximate surface area is 140 Å². The first-order chi connectivity index (χ1) is 11.6. The molecule has 0 spiro atoms. The first-order valence-corrected chi connectivity index (χ1v) is 8.28. The highest BCUT2D eigenvalue weighted by atomic mass is 16.5. The summed E-state index contributed by atoms with van der Waals surface area (Å²) >= 11 is 0. The van der Waals surface area contributed by atoms with E-state index in [1.807, 2.05) is 7.05 Å². The predicted octanol–water partition coefficient (Wildman–Crippen LogP) is -1.73. The quantitative estimate of drug-likeness (QED) is 0.522. The van der Waals surface area contributed by atoms with Gasteiger partial charge in [-0.05, 0) is 12.8 Å². The second kappa shape index (κ2) is 7.51. The van der Waals surface area contributed by atoms with Crippen molar-refractivity contribution in [3.8, 4) is 0 Å². The Kier molecular flexibility index (Phi) is 5.39. The summed E-state index contributed by atoms with van der Waals surface area (Å²) in [6.45, 7) is 3.27. The maximum Gasteiger partial charge on any atom is 0.326 e. The third kappa shape index (κ3) is 3.72. The SMILES string of the molecule is COC(=O)C1NN(C)CC1NC(=O)C1CCC(N2CCNC2)N=N1. The first kappa shape index (κ1) is 17.2. The number of rotatable bonds is 4. The van der Waals surface area contributed by atoms with E-state index in [1.165, 1.54) is 7.11 Å². The smallest absolute Gasteiger partial charge is 0.326 e. The van der Waals surface area contributed by atoms with Crippen molar-refractivity contribution in [3.05, 3.63) is 0 Å². The number of carbonyl (C=O) groups is 2. The second-order valence-corrected chi connectivity index (χ2v) is 6.40. The van der Waals surface area contributed by atoms with Crippen molar-refractivity contribution in [3.63, 3.8) is 0 Å². The number of carbonyl (C=O) groups excluding carboxylic acids is 2. The molecule has 10 heteroatoms. The van der Waals surface area contributed by atoms with Crippen molar-refractivity contribution < 1.29 is 14.3 Å². The summed E-state index contributed by atoms with van der Waals surface area (Å²) < 4.78 is 4.78. The van der Waals surface area contributed by atoms with Gasteiger partial charge < -0.3 is 15.4 Å². The average molecular weight is 339 g/mol. The summed E-state index contributed by atoms with van der Waals surface area (Å²) in [5, 5.41) is 16.4. The number of ether oxygens (including phenoxy) is 1. The molecule has 2 fully saturated rings. The zero-order chi connectivity index (χ0) is 17.1. The van der Waals surface area contributed by atoms with Crippen LogP contribution < -0.4 is 16.1 Å². The van der Waals surface area contributed by atoms with E-state index in [0.29, 0.717) is 13.0 Å². The van der Waals surface area contributed by atoms with Crippen LogP contribution in [0.5, 0.6) is 0 Å². The van der Waals surface area contributed by atoms with Gasteiger partial charge >= 0.3 is 5.97 Å². The van der Waals surface area contributed by atoms with Crippen molar-refractivity contribution in [1.29, 1.82) is 0 Å². The van der Waals surface area contributed by atoms with Crippen LogP contribution in [0.15, 0.2) is 10.2 Å². The van der Waals surface area contributed by atoms with Crippen LogP contribution in [0.25, 0.3) is 0 Å². The fourth-order valence-electron chi connectivity index (χ4n) is 3.33. The van der Waals surface area contributed by atoms with E-state index in [4.69, 9.17) is 4.74 Å². The number of likely N-dealkylation sites (N-methyl/N-ethyl adjacent to an activating group) is 1. The Morgan fingerprint density at radius 1 is 1.29 bits per heavy atom. The number of esters is 1. The monoisotopic (exact) mass is 339 g/mol. The van der Waals surface area contributed by atoms with Gasteiger partial charge in [-0.2, -0.15) is 10.2 Å². The van der Waals surface area contributed by atoms with Crippen molar-refractivity contribution in [2.75, 3.05) is 40.5 Å². The molecule has 3 aliphatic rings. The molecule has 0 radical (unpaired) electrons.